The van der Waals surface area contributed by atoms with Gasteiger partial charge in [-0.3, -0.25) is 38.4 Å². The Morgan fingerprint density at radius 1 is 0.602 bits per heavy atom. The molecule has 5 heterocycles. The summed E-state index contributed by atoms with van der Waals surface area (Å²) < 4.78 is 79.7. The van der Waals surface area contributed by atoms with Gasteiger partial charge in [0.05, 0.1) is 43.1 Å². The first-order chi connectivity index (χ1) is 38.7. The molecule has 5 saturated heterocycles. The van der Waals surface area contributed by atoms with Crippen molar-refractivity contribution in [1.29, 1.82) is 0 Å². The highest BCUT2D eigenvalue weighted by atomic mass is 16.8. The molecule has 5 fully saturated rings. The number of aliphatic hydroxyl groups is 3. The fourth-order valence-electron chi connectivity index (χ4n) is 11.6. The predicted molar refractivity (Wildman–Crippen MR) is 276 cm³/mol. The van der Waals surface area contributed by atoms with E-state index in [0.29, 0.717) is 0 Å². The molecule has 0 bridgehead atoms. The van der Waals surface area contributed by atoms with Gasteiger partial charge < -0.3 is 104 Å². The third kappa shape index (κ3) is 15.4. The number of aliphatic hydroxyl groups excluding tert-OH is 2. The molecule has 0 aromatic rings. The number of nitrogens with one attached hydrogen (secondary N) is 3. The number of hydrogen-bond donors (Lipinski definition) is 8. The maximum absolute atomic E-state index is 13.8. The third-order valence-corrected chi connectivity index (χ3v) is 16.3. The van der Waals surface area contributed by atoms with Gasteiger partial charge in [-0.05, 0) is 25.7 Å². The first kappa shape index (κ1) is 66.5. The Balaban J connectivity index is 1.37. The number of carbonyl (C=O) groups excluding carboxylic acids is 9. The monoisotopic (exact) mass is 1190 g/mol. The summed E-state index contributed by atoms with van der Waals surface area (Å²) in [6, 6.07) is -2.43. The molecule has 0 aromatic carbocycles. The molecule has 10 N–H and O–H groups in total. The minimum absolute atomic E-state index is 0.00113. The highest BCUT2D eigenvalue weighted by molar-refractivity contribution is 6.02. The van der Waals surface area contributed by atoms with Crippen LogP contribution in [0.4, 0.5) is 4.79 Å². The lowest BCUT2D eigenvalue weighted by Crippen LogP contribution is -2.71. The Kier molecular flexibility index (Phi) is 22.1. The number of esters is 3. The maximum atomic E-state index is 13.8. The second-order valence-corrected chi connectivity index (χ2v) is 22.5. The first-order valence-electron chi connectivity index (χ1n) is 27.5. The molecule has 0 aromatic heterocycles. The number of rotatable bonds is 19. The number of hydrogen-bond acceptors (Lipinski definition) is 25. The molecule has 0 radical (unpaired) electrons. The SMILES string of the molecule is CC(=O)NC1[C@H](O[C@@H]2C(CO[C@@H]3OC(COC(C)=O)C(C)[C@H](C)C3OC(C)=O)O[C@@H](OC3C(O)OC(C(N)=O)[C@@](C)(O)[C@@H]3OC(N)=O)C(NC(C)=O)[C@H]2C)OC(C)C(O[C@@H]2OC(C(=O)NC3=C(O)CCC3=O)[C@H](C)[C@H](C)C2OC(C)=O)[C@@H]1C. The first-order valence-corrected chi connectivity index (χ1v) is 27.5. The van der Waals surface area contributed by atoms with E-state index in [0.717, 1.165) is 6.92 Å². The van der Waals surface area contributed by atoms with E-state index in [-0.39, 0.29) is 36.8 Å². The van der Waals surface area contributed by atoms with Crippen LogP contribution in [0.3, 0.4) is 0 Å². The molecule has 30 nitrogen and oxygen atoms in total. The van der Waals surface area contributed by atoms with Crippen molar-refractivity contribution in [3.63, 3.8) is 0 Å². The van der Waals surface area contributed by atoms with E-state index in [1.807, 2.05) is 6.92 Å². The lowest BCUT2D eigenvalue weighted by atomic mass is 9.82. The van der Waals surface area contributed by atoms with Crippen molar-refractivity contribution in [1.82, 2.24) is 16.0 Å². The Hall–Kier alpha value is -5.67. The molecular weight excluding hydrogens is 1110 g/mol. The zero-order valence-electron chi connectivity index (χ0n) is 48.7. The van der Waals surface area contributed by atoms with Crippen LogP contribution in [0.1, 0.15) is 103 Å². The van der Waals surface area contributed by atoms with E-state index in [9.17, 15) is 58.5 Å². The normalized spacial score (nSPS) is 41.0. The summed E-state index contributed by atoms with van der Waals surface area (Å²) in [5.74, 6) is -9.78. The second-order valence-electron chi connectivity index (χ2n) is 22.5. The van der Waals surface area contributed by atoms with Crippen LogP contribution in [-0.2, 0) is 99.9 Å². The Bertz CT molecular complexity index is 2440. The fraction of sp³-hybridized carbons (Fsp3) is 0.792. The average Bonchev–Trinajstić information content (AvgIpc) is 3.76. The van der Waals surface area contributed by atoms with Gasteiger partial charge in [0.15, 0.2) is 67.8 Å². The van der Waals surface area contributed by atoms with Crippen molar-refractivity contribution in [2.24, 2.45) is 47.0 Å². The van der Waals surface area contributed by atoms with Crippen LogP contribution in [0, 0.1) is 35.5 Å². The summed E-state index contributed by atoms with van der Waals surface area (Å²) in [5, 5.41) is 41.5. The molecule has 5 amide bonds. The molecule has 468 valence electrons. The zero-order valence-corrected chi connectivity index (χ0v) is 48.7. The molecule has 5 aliphatic heterocycles. The zero-order chi connectivity index (χ0) is 61.8. The molecule has 0 saturated carbocycles. The van der Waals surface area contributed by atoms with E-state index >= 15 is 0 Å². The van der Waals surface area contributed by atoms with Crippen LogP contribution in [0.25, 0.3) is 0 Å². The topological polar surface area (TPSA) is 422 Å². The molecule has 83 heavy (non-hydrogen) atoms. The van der Waals surface area contributed by atoms with Crippen molar-refractivity contribution >= 4 is 53.4 Å². The van der Waals surface area contributed by atoms with Gasteiger partial charge in [0.25, 0.3) is 5.91 Å². The van der Waals surface area contributed by atoms with Crippen molar-refractivity contribution in [3.05, 3.63) is 11.5 Å². The Labute approximate surface area is 479 Å². The van der Waals surface area contributed by atoms with Crippen LogP contribution < -0.4 is 27.4 Å². The largest absolute Gasteiger partial charge is 0.510 e. The van der Waals surface area contributed by atoms with Gasteiger partial charge in [-0.25, -0.2) is 4.79 Å². The van der Waals surface area contributed by atoms with Crippen LogP contribution in [0.5, 0.6) is 0 Å². The lowest BCUT2D eigenvalue weighted by Gasteiger charge is -2.52. The van der Waals surface area contributed by atoms with E-state index < -0.39 is 206 Å². The van der Waals surface area contributed by atoms with Crippen LogP contribution in [0.2, 0.25) is 0 Å². The molecule has 6 aliphatic rings. The number of carbonyl (C=O) groups is 9. The number of Topliss-reactive ketones (excluding diaryl/α,β-unsaturated/α-hetero) is 1. The summed E-state index contributed by atoms with van der Waals surface area (Å²) in [4.78, 5) is 115. The Morgan fingerprint density at radius 3 is 1.66 bits per heavy atom. The quantitative estimate of drug-likeness (QED) is 0.0568. The van der Waals surface area contributed by atoms with Gasteiger partial charge in [-0.1, -0.05) is 41.5 Å². The predicted octanol–water partition coefficient (Wildman–Crippen LogP) is -1.00. The standard InChI is InChI=1S/C53H81N5O25/c1-18-19(2)40(74-28(11)62)50(76-32(18)16-71-27(10)61)72-17-33-38(23(6)35(57-26(9)60)49(77-33)81-42-43(83-52(55)69)53(13,70)44(45(54)66)82-47(42)68)79-48-34(56-25(8)59)22(5)37(24(7)73-48)78-51-41(75-29(12)63)21(4)20(3)39(80-51)46(67)58-36-30(64)14-15-31(36)65/h18-24,32-35,37-44,47-51,64,68,70H,14-17H2,1-13H3,(H2,54,66)(H2,55,69)(H,56,59)(H,57,60)(H,58,67)/t18?,19-,20+,21-,22+,23+,24?,32?,33?,34?,35?,37?,38-,39?,40?,41?,42?,43+,44?,47?,48-,49-,50+,51+,53-/m0/s1. The Morgan fingerprint density at radius 2 is 1.13 bits per heavy atom. The molecule has 25 atom stereocenters. The van der Waals surface area contributed by atoms with Crippen molar-refractivity contribution in [2.75, 3.05) is 13.2 Å². The van der Waals surface area contributed by atoms with E-state index in [4.69, 9.17) is 73.0 Å². The van der Waals surface area contributed by atoms with E-state index in [1.165, 1.54) is 34.6 Å². The molecule has 13 unspecified atom stereocenters. The smallest absolute Gasteiger partial charge is 0.404 e. The minimum Gasteiger partial charge on any atom is -0.510 e. The number of ketones is 1. The molecular formula is C53H81N5O25. The van der Waals surface area contributed by atoms with Crippen LogP contribution in [-0.4, -0.2) is 198 Å². The van der Waals surface area contributed by atoms with Crippen LogP contribution >= 0.6 is 0 Å². The average molecular weight is 1190 g/mol. The summed E-state index contributed by atoms with van der Waals surface area (Å²) >= 11 is 0. The summed E-state index contributed by atoms with van der Waals surface area (Å²) in [6.45, 7) is 18.2. The van der Waals surface area contributed by atoms with Crippen LogP contribution in [0.15, 0.2) is 11.5 Å². The summed E-state index contributed by atoms with van der Waals surface area (Å²) in [5.41, 5.74) is 8.15. The summed E-state index contributed by atoms with van der Waals surface area (Å²) in [6.07, 6.45) is -24.4. The van der Waals surface area contributed by atoms with E-state index in [2.05, 4.69) is 16.0 Å². The highest BCUT2D eigenvalue weighted by Gasteiger charge is 2.60. The number of allylic oxidation sites excluding steroid dienone is 2. The number of amides is 5. The number of primary amides is 2. The second kappa shape index (κ2) is 27.6. The molecule has 30 heteroatoms. The fourth-order valence-corrected chi connectivity index (χ4v) is 11.6. The van der Waals surface area contributed by atoms with Crippen molar-refractivity contribution < 1.29 is 120 Å². The molecule has 1 aliphatic carbocycles. The molecule has 6 rings (SSSR count). The minimum atomic E-state index is -2.51. The van der Waals surface area contributed by atoms with Gasteiger partial charge in [-0.2, -0.15) is 0 Å². The number of ether oxygens (including phenoxy) is 13. The van der Waals surface area contributed by atoms with Crippen molar-refractivity contribution in [3.8, 4) is 0 Å². The van der Waals surface area contributed by atoms with Gasteiger partial charge in [0, 0.05) is 71.1 Å². The van der Waals surface area contributed by atoms with Gasteiger partial charge in [-0.15, -0.1) is 0 Å². The lowest BCUT2D eigenvalue weighted by molar-refractivity contribution is -0.369. The molecule has 0 spiro atoms. The summed E-state index contributed by atoms with van der Waals surface area (Å²) in [7, 11) is 0. The van der Waals surface area contributed by atoms with Gasteiger partial charge in [0.2, 0.25) is 17.7 Å². The van der Waals surface area contributed by atoms with Gasteiger partial charge in [0.1, 0.15) is 35.9 Å². The number of nitrogens with two attached hydrogens (primary N) is 2. The third-order valence-electron chi connectivity index (χ3n) is 16.3. The highest BCUT2D eigenvalue weighted by Crippen LogP contribution is 2.42. The maximum Gasteiger partial charge on any atom is 0.404 e. The van der Waals surface area contributed by atoms with E-state index in [1.54, 1.807) is 41.5 Å². The van der Waals surface area contributed by atoms with Gasteiger partial charge >= 0.3 is 24.0 Å². The van der Waals surface area contributed by atoms with Crippen molar-refractivity contribution in [2.45, 2.75) is 219 Å².